The molecule has 0 aliphatic heterocycles. The summed E-state index contributed by atoms with van der Waals surface area (Å²) in [4.78, 5) is 21.9. The zero-order chi connectivity index (χ0) is 9.72. The van der Waals surface area contributed by atoms with Gasteiger partial charge < -0.3 is 0 Å². The topological polar surface area (TPSA) is 34.1 Å². The first-order chi connectivity index (χ1) is 5.54. The second kappa shape index (κ2) is 5.07. The lowest BCUT2D eigenvalue weighted by Gasteiger charge is -2.16. The van der Waals surface area contributed by atoms with Gasteiger partial charge in [0.2, 0.25) is 6.29 Å². The number of hydrogen-bond acceptors (Lipinski definition) is 2. The van der Waals surface area contributed by atoms with Crippen molar-refractivity contribution < 1.29 is 9.59 Å². The van der Waals surface area contributed by atoms with Crippen molar-refractivity contribution in [2.24, 2.45) is 17.8 Å². The van der Waals surface area contributed by atoms with Crippen LogP contribution < -0.4 is 0 Å². The van der Waals surface area contributed by atoms with Crippen LogP contribution in [-0.2, 0) is 9.59 Å². The van der Waals surface area contributed by atoms with Crippen LogP contribution in [0.1, 0.15) is 34.1 Å². The quantitative estimate of drug-likeness (QED) is 0.590. The molecule has 0 aromatic carbocycles. The minimum absolute atomic E-state index is 0.0133. The molecular formula is C10H17O2. The molecule has 0 aromatic rings. The minimum Gasteiger partial charge on any atom is -0.299 e. The lowest BCUT2D eigenvalue weighted by molar-refractivity contribution is -0.125. The highest BCUT2D eigenvalue weighted by atomic mass is 16.1. The summed E-state index contributed by atoms with van der Waals surface area (Å²) in [5, 5.41) is 0. The Morgan fingerprint density at radius 3 is 2.08 bits per heavy atom. The van der Waals surface area contributed by atoms with Crippen LogP contribution in [0.15, 0.2) is 0 Å². The second-order valence-corrected chi connectivity index (χ2v) is 3.54. The molecule has 2 atom stereocenters. The van der Waals surface area contributed by atoms with Gasteiger partial charge >= 0.3 is 0 Å². The maximum atomic E-state index is 11.4. The summed E-state index contributed by atoms with van der Waals surface area (Å²) in [7, 11) is 0. The molecule has 69 valence electrons. The molecule has 0 spiro atoms. The van der Waals surface area contributed by atoms with Gasteiger partial charge in [-0.2, -0.15) is 0 Å². The molecule has 0 aliphatic rings. The molecule has 0 heterocycles. The number of hydrogen-bond donors (Lipinski definition) is 0. The van der Waals surface area contributed by atoms with Gasteiger partial charge in [0.05, 0.1) is 5.92 Å². The highest BCUT2D eigenvalue weighted by Gasteiger charge is 2.25. The van der Waals surface area contributed by atoms with E-state index in [0.29, 0.717) is 0 Å². The maximum absolute atomic E-state index is 11.4. The summed E-state index contributed by atoms with van der Waals surface area (Å²) in [5.74, 6) is -0.447. The smallest absolute Gasteiger partial charge is 0.209 e. The van der Waals surface area contributed by atoms with Crippen molar-refractivity contribution in [3.05, 3.63) is 0 Å². The van der Waals surface area contributed by atoms with Crippen LogP contribution in [0, 0.1) is 17.8 Å². The Morgan fingerprint density at radius 1 is 1.33 bits per heavy atom. The third-order valence-electron chi connectivity index (χ3n) is 2.22. The number of Topliss-reactive ketones (excluding diaryl/α,β-unsaturated/α-hetero) is 1. The van der Waals surface area contributed by atoms with Crippen molar-refractivity contribution in [1.82, 2.24) is 0 Å². The summed E-state index contributed by atoms with van der Waals surface area (Å²) in [6.07, 6.45) is 2.68. The monoisotopic (exact) mass is 169 g/mol. The van der Waals surface area contributed by atoms with Crippen molar-refractivity contribution in [3.8, 4) is 0 Å². The molecule has 2 nitrogen and oxygen atoms in total. The Labute approximate surface area is 74.3 Å². The van der Waals surface area contributed by atoms with Gasteiger partial charge in [0, 0.05) is 5.92 Å². The molecule has 2 unspecified atom stereocenters. The molecule has 0 bridgehead atoms. The third-order valence-corrected chi connectivity index (χ3v) is 2.22. The highest BCUT2D eigenvalue weighted by Crippen LogP contribution is 2.17. The van der Waals surface area contributed by atoms with Crippen molar-refractivity contribution in [3.63, 3.8) is 0 Å². The Morgan fingerprint density at radius 2 is 1.83 bits per heavy atom. The lowest BCUT2D eigenvalue weighted by Crippen LogP contribution is -2.26. The van der Waals surface area contributed by atoms with Crippen LogP contribution in [0.5, 0.6) is 0 Å². The third kappa shape index (κ3) is 2.76. The van der Waals surface area contributed by atoms with E-state index in [1.165, 1.54) is 0 Å². The van der Waals surface area contributed by atoms with Gasteiger partial charge in [-0.25, -0.2) is 0 Å². The van der Waals surface area contributed by atoms with E-state index < -0.39 is 5.92 Å². The van der Waals surface area contributed by atoms with Gasteiger partial charge in [-0.3, -0.25) is 9.59 Å². The van der Waals surface area contributed by atoms with Gasteiger partial charge in [-0.05, 0) is 5.92 Å². The summed E-state index contributed by atoms with van der Waals surface area (Å²) in [6.45, 7) is 7.52. The lowest BCUT2D eigenvalue weighted by atomic mass is 9.85. The molecule has 0 aromatic heterocycles. The van der Waals surface area contributed by atoms with Gasteiger partial charge in [-0.1, -0.05) is 34.1 Å². The largest absolute Gasteiger partial charge is 0.299 e. The number of carbonyl (C=O) groups excluding carboxylic acids is 2. The number of carbonyl (C=O) groups is 1. The number of ketones is 1. The summed E-state index contributed by atoms with van der Waals surface area (Å²) in [5.41, 5.74) is 0. The fraction of sp³-hybridized carbons (Fsp3) is 0.800. The van der Waals surface area contributed by atoms with E-state index in [-0.39, 0.29) is 17.6 Å². The van der Waals surface area contributed by atoms with E-state index >= 15 is 0 Å². The molecule has 0 saturated heterocycles. The van der Waals surface area contributed by atoms with Gasteiger partial charge in [-0.15, -0.1) is 0 Å². The standard InChI is InChI=1S/C10H17O2/c1-5-8(4)9(6-11)10(12)7(2)3/h7-9H,5H2,1-4H3. The number of rotatable bonds is 5. The van der Waals surface area contributed by atoms with Crippen LogP contribution in [0.3, 0.4) is 0 Å². The predicted octanol–water partition coefficient (Wildman–Crippen LogP) is 1.98. The van der Waals surface area contributed by atoms with Crippen LogP contribution in [0.25, 0.3) is 0 Å². The first kappa shape index (κ1) is 11.3. The Bertz CT molecular complexity index is 161. The predicted molar refractivity (Wildman–Crippen MR) is 48.5 cm³/mol. The van der Waals surface area contributed by atoms with Crippen LogP contribution in [0.2, 0.25) is 0 Å². The molecule has 1 radical (unpaired) electrons. The molecule has 0 N–H and O–H groups in total. The molecule has 2 heteroatoms. The second-order valence-electron chi connectivity index (χ2n) is 3.54. The zero-order valence-electron chi connectivity index (χ0n) is 8.26. The minimum atomic E-state index is -0.519. The maximum Gasteiger partial charge on any atom is 0.209 e. The van der Waals surface area contributed by atoms with Crippen LogP contribution in [-0.4, -0.2) is 12.1 Å². The highest BCUT2D eigenvalue weighted by molar-refractivity contribution is 5.94. The molecule has 0 amide bonds. The SMILES string of the molecule is CCC(C)C([C]=O)C(=O)C(C)C. The fourth-order valence-electron chi connectivity index (χ4n) is 1.05. The molecule has 0 rings (SSSR count). The molecule has 0 saturated carbocycles. The summed E-state index contributed by atoms with van der Waals surface area (Å²) >= 11 is 0. The van der Waals surface area contributed by atoms with Gasteiger partial charge in [0.15, 0.2) is 0 Å². The first-order valence-corrected chi connectivity index (χ1v) is 4.46. The Balaban J connectivity index is 4.34. The van der Waals surface area contributed by atoms with E-state index in [2.05, 4.69) is 0 Å². The van der Waals surface area contributed by atoms with Crippen molar-refractivity contribution in [1.29, 1.82) is 0 Å². The van der Waals surface area contributed by atoms with Crippen LogP contribution in [0.4, 0.5) is 0 Å². The molecular weight excluding hydrogens is 152 g/mol. The van der Waals surface area contributed by atoms with E-state index in [4.69, 9.17) is 0 Å². The van der Waals surface area contributed by atoms with Gasteiger partial charge in [0.1, 0.15) is 5.78 Å². The average molecular weight is 169 g/mol. The van der Waals surface area contributed by atoms with Crippen molar-refractivity contribution in [2.75, 3.05) is 0 Å². The molecule has 12 heavy (non-hydrogen) atoms. The zero-order valence-corrected chi connectivity index (χ0v) is 8.26. The van der Waals surface area contributed by atoms with Gasteiger partial charge in [0.25, 0.3) is 0 Å². The van der Waals surface area contributed by atoms with E-state index in [1.54, 1.807) is 0 Å². The average Bonchev–Trinajstić information content (AvgIpc) is 2.05. The van der Waals surface area contributed by atoms with Crippen molar-refractivity contribution in [2.45, 2.75) is 34.1 Å². The molecule has 0 aliphatic carbocycles. The van der Waals surface area contributed by atoms with E-state index in [1.807, 2.05) is 34.0 Å². The fourth-order valence-corrected chi connectivity index (χ4v) is 1.05. The van der Waals surface area contributed by atoms with Crippen LogP contribution >= 0.6 is 0 Å². The Hall–Kier alpha value is -0.660. The summed E-state index contributed by atoms with van der Waals surface area (Å²) < 4.78 is 0. The molecule has 0 fully saturated rings. The van der Waals surface area contributed by atoms with E-state index in [0.717, 1.165) is 6.42 Å². The van der Waals surface area contributed by atoms with E-state index in [9.17, 15) is 9.59 Å². The first-order valence-electron chi connectivity index (χ1n) is 4.46. The normalized spacial score (nSPS) is 15.8. The summed E-state index contributed by atoms with van der Waals surface area (Å²) in [6, 6.07) is 0. The van der Waals surface area contributed by atoms with Crippen molar-refractivity contribution >= 4 is 12.1 Å². The Kier molecular flexibility index (Phi) is 4.79.